The van der Waals surface area contributed by atoms with E-state index in [1.807, 2.05) is 48.5 Å². The molecule has 2 aromatic carbocycles. The molecule has 0 aliphatic heterocycles. The Morgan fingerprint density at radius 2 is 1.77 bits per heavy atom. The first kappa shape index (κ1) is 19.3. The summed E-state index contributed by atoms with van der Waals surface area (Å²) in [5.41, 5.74) is 4.21. The Labute approximate surface area is 154 Å². The molecule has 1 amide bonds. The summed E-state index contributed by atoms with van der Waals surface area (Å²) in [5, 5.41) is 6.98. The lowest BCUT2D eigenvalue weighted by atomic mass is 10.2. The second-order valence-corrected chi connectivity index (χ2v) is 5.65. The van der Waals surface area contributed by atoms with Crippen molar-refractivity contribution >= 4 is 17.8 Å². The van der Waals surface area contributed by atoms with Gasteiger partial charge in [-0.05, 0) is 60.5 Å². The summed E-state index contributed by atoms with van der Waals surface area (Å²) in [6.07, 6.45) is 3.75. The molecule has 26 heavy (non-hydrogen) atoms. The van der Waals surface area contributed by atoms with Crippen LogP contribution in [0.5, 0.6) is 11.5 Å². The number of hydrogen-bond donors (Lipinski definition) is 2. The second-order valence-electron chi connectivity index (χ2n) is 5.65. The van der Waals surface area contributed by atoms with E-state index in [9.17, 15) is 4.79 Å². The van der Waals surface area contributed by atoms with Gasteiger partial charge in [0.05, 0.1) is 26.5 Å². The van der Waals surface area contributed by atoms with Gasteiger partial charge in [0.2, 0.25) is 0 Å². The van der Waals surface area contributed by atoms with E-state index in [-0.39, 0.29) is 12.5 Å². The van der Waals surface area contributed by atoms with Crippen LogP contribution in [0.15, 0.2) is 53.6 Å². The number of anilines is 1. The van der Waals surface area contributed by atoms with E-state index in [0.29, 0.717) is 0 Å². The van der Waals surface area contributed by atoms with Gasteiger partial charge in [0, 0.05) is 5.69 Å². The number of unbranched alkanes of at least 4 members (excludes halogenated alkanes) is 1. The van der Waals surface area contributed by atoms with Crippen molar-refractivity contribution in [3.63, 3.8) is 0 Å². The van der Waals surface area contributed by atoms with Gasteiger partial charge >= 0.3 is 0 Å². The van der Waals surface area contributed by atoms with E-state index < -0.39 is 0 Å². The summed E-state index contributed by atoms with van der Waals surface area (Å²) in [6.45, 7) is 2.98. The topological polar surface area (TPSA) is 72.0 Å². The molecule has 6 nitrogen and oxygen atoms in total. The van der Waals surface area contributed by atoms with E-state index in [1.165, 1.54) is 0 Å². The minimum Gasteiger partial charge on any atom is -0.497 e. The first-order valence-electron chi connectivity index (χ1n) is 8.64. The summed E-state index contributed by atoms with van der Waals surface area (Å²) in [5.74, 6) is 1.38. The molecule has 2 N–H and O–H groups in total. The Bertz CT molecular complexity index is 697. The van der Waals surface area contributed by atoms with E-state index in [0.717, 1.165) is 42.2 Å². The largest absolute Gasteiger partial charge is 0.497 e. The van der Waals surface area contributed by atoms with Gasteiger partial charge in [0.25, 0.3) is 5.91 Å². The molecule has 0 spiro atoms. The molecule has 0 aromatic heterocycles. The highest BCUT2D eigenvalue weighted by molar-refractivity contribution is 5.84. The molecular weight excluding hydrogens is 330 g/mol. The van der Waals surface area contributed by atoms with Crippen molar-refractivity contribution in [1.82, 2.24) is 5.43 Å². The second kappa shape index (κ2) is 10.8. The van der Waals surface area contributed by atoms with E-state index >= 15 is 0 Å². The van der Waals surface area contributed by atoms with Crippen LogP contribution in [0.25, 0.3) is 0 Å². The summed E-state index contributed by atoms with van der Waals surface area (Å²) < 4.78 is 10.7. The zero-order valence-corrected chi connectivity index (χ0v) is 15.2. The third-order valence-corrected chi connectivity index (χ3v) is 3.59. The molecule has 0 aliphatic rings. The van der Waals surface area contributed by atoms with Crippen molar-refractivity contribution < 1.29 is 14.3 Å². The first-order valence-corrected chi connectivity index (χ1v) is 8.64. The number of nitrogens with one attached hydrogen (secondary N) is 2. The Morgan fingerprint density at radius 1 is 1.08 bits per heavy atom. The summed E-state index contributed by atoms with van der Waals surface area (Å²) in [6, 6.07) is 14.9. The zero-order valence-electron chi connectivity index (χ0n) is 15.2. The van der Waals surface area contributed by atoms with E-state index in [2.05, 4.69) is 22.8 Å². The smallest absolute Gasteiger partial charge is 0.259 e. The lowest BCUT2D eigenvalue weighted by molar-refractivity contribution is -0.119. The number of benzene rings is 2. The molecule has 0 saturated carbocycles. The van der Waals surface area contributed by atoms with Crippen LogP contribution >= 0.6 is 0 Å². The quantitative estimate of drug-likeness (QED) is 0.389. The maximum atomic E-state index is 11.8. The first-order chi connectivity index (χ1) is 12.7. The zero-order chi connectivity index (χ0) is 18.6. The van der Waals surface area contributed by atoms with Crippen molar-refractivity contribution in [2.24, 2.45) is 5.10 Å². The van der Waals surface area contributed by atoms with Crippen molar-refractivity contribution in [3.8, 4) is 11.5 Å². The van der Waals surface area contributed by atoms with Crippen molar-refractivity contribution in [3.05, 3.63) is 54.1 Å². The molecule has 2 aromatic rings. The number of amides is 1. The van der Waals surface area contributed by atoms with Crippen molar-refractivity contribution in [2.75, 3.05) is 25.6 Å². The number of methoxy groups -OCH3 is 1. The number of ether oxygens (including phenoxy) is 2. The number of rotatable bonds is 10. The molecule has 2 rings (SSSR count). The molecule has 0 heterocycles. The highest BCUT2D eigenvalue weighted by atomic mass is 16.5. The van der Waals surface area contributed by atoms with Gasteiger partial charge in [-0.1, -0.05) is 13.3 Å². The summed E-state index contributed by atoms with van der Waals surface area (Å²) in [7, 11) is 1.61. The third kappa shape index (κ3) is 6.84. The van der Waals surface area contributed by atoms with Crippen LogP contribution in [0, 0.1) is 0 Å². The maximum Gasteiger partial charge on any atom is 0.259 e. The minimum atomic E-state index is -0.225. The SMILES string of the molecule is CCCCOc1ccc(/C=N\NC(=O)CNc2ccc(OC)cc2)cc1. The Balaban J connectivity index is 1.72. The minimum absolute atomic E-state index is 0.133. The molecule has 6 heteroatoms. The van der Waals surface area contributed by atoms with Crippen molar-refractivity contribution in [2.45, 2.75) is 19.8 Å². The predicted molar refractivity (Wildman–Crippen MR) is 104 cm³/mol. The van der Waals surface area contributed by atoms with Gasteiger partial charge in [0.15, 0.2) is 0 Å². The molecular formula is C20H25N3O3. The van der Waals surface area contributed by atoms with Gasteiger partial charge in [-0.2, -0.15) is 5.10 Å². The van der Waals surface area contributed by atoms with Crippen LogP contribution in [-0.2, 0) is 4.79 Å². The van der Waals surface area contributed by atoms with E-state index in [1.54, 1.807) is 13.3 Å². The third-order valence-electron chi connectivity index (χ3n) is 3.59. The lowest BCUT2D eigenvalue weighted by Gasteiger charge is -2.06. The Kier molecular flexibility index (Phi) is 7.99. The molecule has 0 atom stereocenters. The van der Waals surface area contributed by atoms with Gasteiger partial charge in [-0.15, -0.1) is 0 Å². The summed E-state index contributed by atoms with van der Waals surface area (Å²) >= 11 is 0. The number of hydrazone groups is 1. The monoisotopic (exact) mass is 355 g/mol. The molecule has 0 aliphatic carbocycles. The highest BCUT2D eigenvalue weighted by Gasteiger charge is 2.00. The highest BCUT2D eigenvalue weighted by Crippen LogP contribution is 2.14. The van der Waals surface area contributed by atoms with E-state index in [4.69, 9.17) is 9.47 Å². The maximum absolute atomic E-state index is 11.8. The van der Waals surface area contributed by atoms with Crippen LogP contribution in [-0.4, -0.2) is 32.4 Å². The van der Waals surface area contributed by atoms with Gasteiger partial charge in [-0.3, -0.25) is 4.79 Å². The fourth-order valence-corrected chi connectivity index (χ4v) is 2.09. The molecule has 0 fully saturated rings. The standard InChI is InChI=1S/C20H25N3O3/c1-3-4-13-26-19-9-5-16(6-10-19)14-22-23-20(24)15-21-17-7-11-18(25-2)12-8-17/h5-12,14,21H,3-4,13,15H2,1-2H3,(H,23,24)/b22-14-. The van der Waals surface area contributed by atoms with Crippen LogP contribution < -0.4 is 20.2 Å². The molecule has 138 valence electrons. The van der Waals surface area contributed by atoms with Gasteiger partial charge in [-0.25, -0.2) is 5.43 Å². The fraction of sp³-hybridized carbons (Fsp3) is 0.300. The summed E-state index contributed by atoms with van der Waals surface area (Å²) in [4.78, 5) is 11.8. The lowest BCUT2D eigenvalue weighted by Crippen LogP contribution is -2.25. The fourth-order valence-electron chi connectivity index (χ4n) is 2.09. The molecule has 0 unspecified atom stereocenters. The predicted octanol–water partition coefficient (Wildman–Crippen LogP) is 3.44. The average Bonchev–Trinajstić information content (AvgIpc) is 2.68. The van der Waals surface area contributed by atoms with Gasteiger partial charge < -0.3 is 14.8 Å². The van der Waals surface area contributed by atoms with Crippen LogP contribution in [0.2, 0.25) is 0 Å². The number of nitrogens with zero attached hydrogens (tertiary/aromatic N) is 1. The Hall–Kier alpha value is -3.02. The molecule has 0 bridgehead atoms. The van der Waals surface area contributed by atoms with Gasteiger partial charge in [0.1, 0.15) is 11.5 Å². The molecule has 0 radical (unpaired) electrons. The van der Waals surface area contributed by atoms with Crippen LogP contribution in [0.4, 0.5) is 5.69 Å². The number of carbonyl (C=O) groups excluding carboxylic acids is 1. The van der Waals surface area contributed by atoms with Crippen LogP contribution in [0.1, 0.15) is 25.3 Å². The number of hydrogen-bond acceptors (Lipinski definition) is 5. The normalized spacial score (nSPS) is 10.5. The average molecular weight is 355 g/mol. The molecule has 0 saturated heterocycles. The van der Waals surface area contributed by atoms with Crippen LogP contribution in [0.3, 0.4) is 0 Å². The van der Waals surface area contributed by atoms with Crippen molar-refractivity contribution in [1.29, 1.82) is 0 Å². The Morgan fingerprint density at radius 3 is 2.42 bits per heavy atom. The number of carbonyl (C=O) groups is 1.